The molecule has 0 radical (unpaired) electrons. The molecule has 2 N–H and O–H groups in total. The molecule has 1 saturated heterocycles. The Morgan fingerprint density at radius 2 is 1.90 bits per heavy atom. The van der Waals surface area contributed by atoms with Crippen LogP contribution in [-0.2, 0) is 14.8 Å². The van der Waals surface area contributed by atoms with Crippen molar-refractivity contribution in [1.82, 2.24) is 10.0 Å². The Kier molecular flexibility index (Phi) is 6.74. The monoisotopic (exact) mass is 424 g/mol. The summed E-state index contributed by atoms with van der Waals surface area (Å²) in [5.74, 6) is -0.0272. The van der Waals surface area contributed by atoms with E-state index in [4.69, 9.17) is 0 Å². The van der Waals surface area contributed by atoms with Gasteiger partial charge in [0.25, 0.3) is 5.69 Å². The Labute approximate surface area is 171 Å². The summed E-state index contributed by atoms with van der Waals surface area (Å²) in [6.07, 6.45) is 6.04. The number of sulfonamides is 1. The molecule has 10 heteroatoms. The number of carbonyl (C=O) groups is 1. The van der Waals surface area contributed by atoms with E-state index in [1.807, 2.05) is 4.90 Å². The summed E-state index contributed by atoms with van der Waals surface area (Å²) in [6, 6.07) is 3.95. The van der Waals surface area contributed by atoms with Crippen LogP contribution >= 0.6 is 0 Å². The zero-order valence-electron chi connectivity index (χ0n) is 16.6. The van der Waals surface area contributed by atoms with Crippen molar-refractivity contribution >= 4 is 27.3 Å². The van der Waals surface area contributed by atoms with Crippen LogP contribution in [-0.4, -0.2) is 44.9 Å². The third-order valence-electron chi connectivity index (χ3n) is 5.78. The van der Waals surface area contributed by atoms with Gasteiger partial charge in [0.2, 0.25) is 15.9 Å². The van der Waals surface area contributed by atoms with E-state index < -0.39 is 27.4 Å². The summed E-state index contributed by atoms with van der Waals surface area (Å²) < 4.78 is 27.4. The van der Waals surface area contributed by atoms with Crippen LogP contribution < -0.4 is 14.9 Å². The molecule has 9 nitrogen and oxygen atoms in total. The number of amides is 1. The highest BCUT2D eigenvalue weighted by Crippen LogP contribution is 2.32. The van der Waals surface area contributed by atoms with Crippen molar-refractivity contribution in [1.29, 1.82) is 0 Å². The second kappa shape index (κ2) is 9.08. The summed E-state index contributed by atoms with van der Waals surface area (Å²) >= 11 is 0. The fourth-order valence-electron chi connectivity index (χ4n) is 4.07. The standard InChI is InChI=1S/C19H28N4O5S/c1-14-6-2-3-7-16(14)21-19(24)13-20-29(27,28)15-8-9-17(18(12-15)23(25)26)22-10-4-5-11-22/h8-9,12,14,16,20H,2-7,10-11,13H2,1H3,(H,21,24)/t14-,16+/m0/s1. The van der Waals surface area contributed by atoms with Gasteiger partial charge in [0.05, 0.1) is 16.4 Å². The van der Waals surface area contributed by atoms with Crippen molar-refractivity contribution in [3.63, 3.8) is 0 Å². The van der Waals surface area contributed by atoms with Crippen LogP contribution in [0.25, 0.3) is 0 Å². The molecule has 1 heterocycles. The summed E-state index contributed by atoms with van der Waals surface area (Å²) in [4.78, 5) is 24.8. The molecule has 160 valence electrons. The first kappa shape index (κ1) is 21.5. The topological polar surface area (TPSA) is 122 Å². The Balaban J connectivity index is 1.67. The van der Waals surface area contributed by atoms with Gasteiger partial charge in [-0.1, -0.05) is 19.8 Å². The lowest BCUT2D eigenvalue weighted by atomic mass is 9.86. The van der Waals surface area contributed by atoms with E-state index in [2.05, 4.69) is 17.0 Å². The Morgan fingerprint density at radius 1 is 1.21 bits per heavy atom. The lowest BCUT2D eigenvalue weighted by Crippen LogP contribution is -2.45. The predicted molar refractivity (Wildman–Crippen MR) is 109 cm³/mol. The van der Waals surface area contributed by atoms with Gasteiger partial charge in [-0.3, -0.25) is 14.9 Å². The molecular weight excluding hydrogens is 396 g/mol. The number of nitro benzene ring substituents is 1. The van der Waals surface area contributed by atoms with Crippen molar-refractivity contribution in [3.05, 3.63) is 28.3 Å². The average Bonchev–Trinajstić information content (AvgIpc) is 3.22. The Bertz CT molecular complexity index is 867. The van der Waals surface area contributed by atoms with Gasteiger partial charge in [-0.2, -0.15) is 0 Å². The summed E-state index contributed by atoms with van der Waals surface area (Å²) in [5, 5.41) is 14.4. The van der Waals surface area contributed by atoms with Crippen molar-refractivity contribution < 1.29 is 18.1 Å². The van der Waals surface area contributed by atoms with Crippen molar-refractivity contribution in [2.45, 2.75) is 56.4 Å². The molecule has 2 aliphatic rings. The molecule has 1 aliphatic heterocycles. The minimum Gasteiger partial charge on any atom is -0.366 e. The summed E-state index contributed by atoms with van der Waals surface area (Å²) in [5.41, 5.74) is 0.186. The number of rotatable bonds is 7. The molecule has 1 aromatic rings. The highest BCUT2D eigenvalue weighted by molar-refractivity contribution is 7.89. The third kappa shape index (κ3) is 5.24. The van der Waals surface area contributed by atoms with E-state index in [0.29, 0.717) is 24.7 Å². The molecule has 29 heavy (non-hydrogen) atoms. The predicted octanol–water partition coefficient (Wildman–Crippen LogP) is 2.17. The van der Waals surface area contributed by atoms with Gasteiger partial charge in [0.15, 0.2) is 0 Å². The average molecular weight is 425 g/mol. The quantitative estimate of drug-likeness (QED) is 0.511. The van der Waals surface area contributed by atoms with E-state index in [0.717, 1.165) is 44.6 Å². The van der Waals surface area contributed by atoms with Gasteiger partial charge in [-0.15, -0.1) is 0 Å². The van der Waals surface area contributed by atoms with Crippen LogP contribution in [0.1, 0.15) is 45.4 Å². The summed E-state index contributed by atoms with van der Waals surface area (Å²) in [6.45, 7) is 3.11. The van der Waals surface area contributed by atoms with E-state index in [1.165, 1.54) is 12.1 Å². The van der Waals surface area contributed by atoms with E-state index in [9.17, 15) is 23.3 Å². The second-order valence-electron chi connectivity index (χ2n) is 7.86. The highest BCUT2D eigenvalue weighted by Gasteiger charge is 2.27. The zero-order valence-corrected chi connectivity index (χ0v) is 17.4. The highest BCUT2D eigenvalue weighted by atomic mass is 32.2. The fourth-order valence-corrected chi connectivity index (χ4v) is 5.08. The minimum absolute atomic E-state index is 0.0570. The Morgan fingerprint density at radius 3 is 2.55 bits per heavy atom. The molecule has 2 fully saturated rings. The van der Waals surface area contributed by atoms with Crippen LogP contribution in [0.15, 0.2) is 23.1 Å². The van der Waals surface area contributed by atoms with Gasteiger partial charge < -0.3 is 10.2 Å². The molecule has 3 rings (SSSR count). The third-order valence-corrected chi connectivity index (χ3v) is 7.18. The maximum Gasteiger partial charge on any atom is 0.293 e. The van der Waals surface area contributed by atoms with Crippen molar-refractivity contribution in [2.24, 2.45) is 5.92 Å². The normalized spacial score (nSPS) is 22.4. The maximum absolute atomic E-state index is 12.6. The lowest BCUT2D eigenvalue weighted by molar-refractivity contribution is -0.384. The number of benzene rings is 1. The van der Waals surface area contributed by atoms with Crippen LogP contribution in [0, 0.1) is 16.0 Å². The lowest BCUT2D eigenvalue weighted by Gasteiger charge is -2.29. The molecule has 0 bridgehead atoms. The van der Waals surface area contributed by atoms with Crippen molar-refractivity contribution in [2.75, 3.05) is 24.5 Å². The first-order valence-electron chi connectivity index (χ1n) is 10.1. The molecule has 0 unspecified atom stereocenters. The molecular formula is C19H28N4O5S. The molecule has 1 aromatic carbocycles. The van der Waals surface area contributed by atoms with E-state index in [-0.39, 0.29) is 16.6 Å². The number of anilines is 1. The second-order valence-corrected chi connectivity index (χ2v) is 9.63. The van der Waals surface area contributed by atoms with Gasteiger partial charge in [0, 0.05) is 25.2 Å². The van der Waals surface area contributed by atoms with Crippen LogP contribution in [0.4, 0.5) is 11.4 Å². The smallest absolute Gasteiger partial charge is 0.293 e. The van der Waals surface area contributed by atoms with Crippen LogP contribution in [0.5, 0.6) is 0 Å². The number of nitrogens with zero attached hydrogens (tertiary/aromatic N) is 2. The van der Waals surface area contributed by atoms with Gasteiger partial charge >= 0.3 is 0 Å². The van der Waals surface area contributed by atoms with Gasteiger partial charge in [-0.05, 0) is 43.7 Å². The first-order valence-corrected chi connectivity index (χ1v) is 11.6. The molecule has 2 atom stereocenters. The zero-order chi connectivity index (χ0) is 21.0. The molecule has 1 aliphatic carbocycles. The number of nitrogens with one attached hydrogen (secondary N) is 2. The molecule has 1 saturated carbocycles. The Hall–Kier alpha value is -2.20. The molecule has 0 aromatic heterocycles. The number of nitro groups is 1. The SMILES string of the molecule is C[C@H]1CCCC[C@H]1NC(=O)CNS(=O)(=O)c1ccc(N2CCCC2)c([N+](=O)[O-])c1. The summed E-state index contributed by atoms with van der Waals surface area (Å²) in [7, 11) is -4.04. The number of hydrogen-bond acceptors (Lipinski definition) is 6. The molecule has 1 amide bonds. The largest absolute Gasteiger partial charge is 0.366 e. The number of hydrogen-bond donors (Lipinski definition) is 2. The van der Waals surface area contributed by atoms with E-state index in [1.54, 1.807) is 0 Å². The van der Waals surface area contributed by atoms with Gasteiger partial charge in [-0.25, -0.2) is 13.1 Å². The number of carbonyl (C=O) groups excluding carboxylic acids is 1. The van der Waals surface area contributed by atoms with Gasteiger partial charge in [0.1, 0.15) is 5.69 Å². The van der Waals surface area contributed by atoms with Crippen LogP contribution in [0.3, 0.4) is 0 Å². The van der Waals surface area contributed by atoms with E-state index >= 15 is 0 Å². The van der Waals surface area contributed by atoms with Crippen molar-refractivity contribution in [3.8, 4) is 0 Å². The van der Waals surface area contributed by atoms with Crippen LogP contribution in [0.2, 0.25) is 0 Å². The first-order chi connectivity index (χ1) is 13.8. The minimum atomic E-state index is -4.04. The maximum atomic E-state index is 12.6. The fraction of sp³-hybridized carbons (Fsp3) is 0.632. The molecule has 0 spiro atoms.